The molecule has 0 aliphatic rings. The number of unbranched alkanes of at least 4 members (excludes halogenated alkanes) is 10. The minimum Gasteiger partial charge on any atom is -0.299 e. The SMILES string of the molecule is CCCCCCC=CCCCCCCC/C=C/C=O. The molecule has 1 heteroatoms. The molecule has 0 fully saturated rings. The maximum Gasteiger partial charge on any atom is 0.142 e. The average Bonchev–Trinajstić information content (AvgIpc) is 2.43. The highest BCUT2D eigenvalue weighted by molar-refractivity contribution is 5.64. The fourth-order valence-corrected chi connectivity index (χ4v) is 2.13. The highest BCUT2D eigenvalue weighted by Gasteiger charge is 1.89. The van der Waals surface area contributed by atoms with Gasteiger partial charge < -0.3 is 0 Å². The number of rotatable bonds is 14. The van der Waals surface area contributed by atoms with Crippen molar-refractivity contribution in [3.8, 4) is 0 Å². The largest absolute Gasteiger partial charge is 0.299 e. The Balaban J connectivity index is 3.07. The Morgan fingerprint density at radius 3 is 1.63 bits per heavy atom. The summed E-state index contributed by atoms with van der Waals surface area (Å²) in [6.07, 6.45) is 24.7. The summed E-state index contributed by atoms with van der Waals surface area (Å²) in [6, 6.07) is 0. The number of carbonyl (C=O) groups is 1. The van der Waals surface area contributed by atoms with Crippen LogP contribution in [0.15, 0.2) is 24.3 Å². The van der Waals surface area contributed by atoms with Gasteiger partial charge in [-0.2, -0.15) is 0 Å². The van der Waals surface area contributed by atoms with E-state index in [1.54, 1.807) is 6.08 Å². The molecule has 0 heterocycles. The van der Waals surface area contributed by atoms with Crippen LogP contribution in [-0.2, 0) is 4.79 Å². The molecule has 0 spiro atoms. The number of hydrogen-bond donors (Lipinski definition) is 0. The molecule has 0 amide bonds. The van der Waals surface area contributed by atoms with Crippen LogP contribution >= 0.6 is 0 Å². The topological polar surface area (TPSA) is 17.1 Å². The van der Waals surface area contributed by atoms with E-state index in [1.165, 1.54) is 70.6 Å². The number of aldehydes is 1. The van der Waals surface area contributed by atoms with Crippen molar-refractivity contribution in [1.82, 2.24) is 0 Å². The maximum atomic E-state index is 10.0. The molecule has 0 rings (SSSR count). The number of allylic oxidation sites excluding steroid dienone is 4. The Bertz CT molecular complexity index is 228. The molecule has 1 nitrogen and oxygen atoms in total. The first kappa shape index (κ1) is 18.1. The first-order valence-electron chi connectivity index (χ1n) is 8.17. The second-order valence-corrected chi connectivity index (χ2v) is 5.23. The summed E-state index contributed by atoms with van der Waals surface area (Å²) in [4.78, 5) is 10.0. The van der Waals surface area contributed by atoms with E-state index in [9.17, 15) is 4.79 Å². The molecule has 0 bridgehead atoms. The summed E-state index contributed by atoms with van der Waals surface area (Å²) in [6.45, 7) is 2.26. The molecule has 19 heavy (non-hydrogen) atoms. The van der Waals surface area contributed by atoms with Gasteiger partial charge in [0.25, 0.3) is 0 Å². The van der Waals surface area contributed by atoms with E-state index in [1.807, 2.05) is 6.08 Å². The second-order valence-electron chi connectivity index (χ2n) is 5.23. The Hall–Kier alpha value is -0.850. The van der Waals surface area contributed by atoms with Crippen molar-refractivity contribution in [2.45, 2.75) is 84.0 Å². The predicted octanol–water partition coefficient (Wildman–Crippen LogP) is 6.00. The van der Waals surface area contributed by atoms with Crippen molar-refractivity contribution >= 4 is 6.29 Å². The van der Waals surface area contributed by atoms with Gasteiger partial charge in [0.15, 0.2) is 0 Å². The lowest BCUT2D eigenvalue weighted by molar-refractivity contribution is -0.104. The zero-order chi connectivity index (χ0) is 14.0. The van der Waals surface area contributed by atoms with E-state index in [4.69, 9.17) is 0 Å². The van der Waals surface area contributed by atoms with Crippen LogP contribution in [0.3, 0.4) is 0 Å². The molecule has 0 aliphatic carbocycles. The van der Waals surface area contributed by atoms with E-state index in [2.05, 4.69) is 19.1 Å². The van der Waals surface area contributed by atoms with E-state index >= 15 is 0 Å². The maximum absolute atomic E-state index is 10.0. The molecule has 0 aromatic rings. The summed E-state index contributed by atoms with van der Waals surface area (Å²) < 4.78 is 0. The van der Waals surface area contributed by atoms with E-state index in [0.717, 1.165) is 12.7 Å². The first-order chi connectivity index (χ1) is 9.41. The molecule has 0 atom stereocenters. The van der Waals surface area contributed by atoms with Crippen molar-refractivity contribution < 1.29 is 4.79 Å². The third-order valence-corrected chi connectivity index (χ3v) is 3.35. The monoisotopic (exact) mass is 264 g/mol. The summed E-state index contributed by atoms with van der Waals surface area (Å²) in [5.74, 6) is 0. The van der Waals surface area contributed by atoms with Gasteiger partial charge in [0.1, 0.15) is 6.29 Å². The van der Waals surface area contributed by atoms with Gasteiger partial charge in [0.2, 0.25) is 0 Å². The predicted molar refractivity (Wildman–Crippen MR) is 85.4 cm³/mol. The van der Waals surface area contributed by atoms with Crippen LogP contribution in [0.2, 0.25) is 0 Å². The highest BCUT2D eigenvalue weighted by Crippen LogP contribution is 2.09. The normalized spacial score (nSPS) is 11.6. The molecule has 110 valence electrons. The highest BCUT2D eigenvalue weighted by atomic mass is 16.1. The summed E-state index contributed by atoms with van der Waals surface area (Å²) >= 11 is 0. The number of hydrogen-bond acceptors (Lipinski definition) is 1. The zero-order valence-corrected chi connectivity index (χ0v) is 12.8. The van der Waals surface area contributed by atoms with Gasteiger partial charge in [0.05, 0.1) is 0 Å². The molecule has 0 radical (unpaired) electrons. The third-order valence-electron chi connectivity index (χ3n) is 3.35. The minimum absolute atomic E-state index is 0.856. The van der Waals surface area contributed by atoms with Crippen LogP contribution in [-0.4, -0.2) is 6.29 Å². The fourth-order valence-electron chi connectivity index (χ4n) is 2.13. The molecule has 0 saturated heterocycles. The summed E-state index contributed by atoms with van der Waals surface area (Å²) in [5.41, 5.74) is 0. The van der Waals surface area contributed by atoms with E-state index in [0.29, 0.717) is 0 Å². The molecular weight excluding hydrogens is 232 g/mol. The van der Waals surface area contributed by atoms with Crippen LogP contribution in [0, 0.1) is 0 Å². The van der Waals surface area contributed by atoms with Crippen LogP contribution in [0.25, 0.3) is 0 Å². The molecular formula is C18H32O. The van der Waals surface area contributed by atoms with Crippen molar-refractivity contribution in [2.75, 3.05) is 0 Å². The van der Waals surface area contributed by atoms with Gasteiger partial charge in [-0.15, -0.1) is 0 Å². The Morgan fingerprint density at radius 2 is 1.11 bits per heavy atom. The van der Waals surface area contributed by atoms with Crippen molar-refractivity contribution in [1.29, 1.82) is 0 Å². The van der Waals surface area contributed by atoms with E-state index < -0.39 is 0 Å². The van der Waals surface area contributed by atoms with Crippen LogP contribution in [0.5, 0.6) is 0 Å². The van der Waals surface area contributed by atoms with Crippen molar-refractivity contribution in [3.05, 3.63) is 24.3 Å². The third kappa shape index (κ3) is 17.1. The average molecular weight is 264 g/mol. The van der Waals surface area contributed by atoms with Gasteiger partial charge >= 0.3 is 0 Å². The molecule has 0 aromatic heterocycles. The summed E-state index contributed by atoms with van der Waals surface area (Å²) in [5, 5.41) is 0. The minimum atomic E-state index is 0.856. The van der Waals surface area contributed by atoms with Gasteiger partial charge in [-0.25, -0.2) is 0 Å². The van der Waals surface area contributed by atoms with Crippen LogP contribution in [0.4, 0.5) is 0 Å². The zero-order valence-electron chi connectivity index (χ0n) is 12.8. The standard InChI is InChI=1S/C18H32O/c1-2-3-4-5-6-7-8-9-10-11-12-13-14-15-16-17-18-19/h7-8,16-18H,2-6,9-15H2,1H3/b8-7?,17-16+. The summed E-state index contributed by atoms with van der Waals surface area (Å²) in [7, 11) is 0. The quantitative estimate of drug-likeness (QED) is 0.163. The van der Waals surface area contributed by atoms with Gasteiger partial charge in [-0.05, 0) is 44.6 Å². The van der Waals surface area contributed by atoms with Gasteiger partial charge in [-0.3, -0.25) is 4.79 Å². The van der Waals surface area contributed by atoms with E-state index in [-0.39, 0.29) is 0 Å². The Labute approximate surface area is 120 Å². The lowest BCUT2D eigenvalue weighted by Gasteiger charge is -1.98. The molecule has 0 saturated carbocycles. The van der Waals surface area contributed by atoms with Gasteiger partial charge in [0, 0.05) is 0 Å². The molecule has 0 N–H and O–H groups in total. The van der Waals surface area contributed by atoms with Crippen LogP contribution in [0.1, 0.15) is 84.0 Å². The fraction of sp³-hybridized carbons (Fsp3) is 0.722. The van der Waals surface area contributed by atoms with Crippen molar-refractivity contribution in [2.24, 2.45) is 0 Å². The second kappa shape index (κ2) is 17.2. The smallest absolute Gasteiger partial charge is 0.142 e. The Morgan fingerprint density at radius 1 is 0.632 bits per heavy atom. The number of carbonyl (C=O) groups excluding carboxylic acids is 1. The molecule has 0 aromatic carbocycles. The first-order valence-corrected chi connectivity index (χ1v) is 8.17. The van der Waals surface area contributed by atoms with Crippen LogP contribution < -0.4 is 0 Å². The molecule has 0 aliphatic heterocycles. The lowest BCUT2D eigenvalue weighted by atomic mass is 10.1. The Kier molecular flexibility index (Phi) is 16.4. The van der Waals surface area contributed by atoms with Gasteiger partial charge in [-0.1, -0.05) is 63.7 Å². The van der Waals surface area contributed by atoms with Crippen molar-refractivity contribution in [3.63, 3.8) is 0 Å². The molecule has 0 unspecified atom stereocenters. The lowest BCUT2D eigenvalue weighted by Crippen LogP contribution is -1.79.